The summed E-state index contributed by atoms with van der Waals surface area (Å²) in [6, 6.07) is 0. The van der Waals surface area contributed by atoms with E-state index in [1.54, 1.807) is 27.3 Å². The highest BCUT2D eigenvalue weighted by Crippen LogP contribution is 1.89. The van der Waals surface area contributed by atoms with Gasteiger partial charge in [0, 0.05) is 26.0 Å². The summed E-state index contributed by atoms with van der Waals surface area (Å²) in [6.07, 6.45) is 0. The third kappa shape index (κ3) is 99.3. The summed E-state index contributed by atoms with van der Waals surface area (Å²) in [4.78, 5) is 1.05. The first-order chi connectivity index (χ1) is 3.65. The van der Waals surface area contributed by atoms with E-state index in [2.05, 4.69) is 3.37 Å². The van der Waals surface area contributed by atoms with Crippen LogP contribution in [0.25, 0.3) is 0 Å². The van der Waals surface area contributed by atoms with E-state index in [0.717, 1.165) is 0 Å². The first-order valence-electron chi connectivity index (χ1n) is 1.73. The molecule has 0 N–H and O–H groups in total. The van der Waals surface area contributed by atoms with E-state index in [1.165, 1.54) is 6.82 Å². The van der Waals surface area contributed by atoms with Gasteiger partial charge in [0.05, 0.1) is 0 Å². The average molecular weight is 363 g/mol. The Hall–Kier alpha value is 1.18. The largest absolute Gasteiger partial charge is 0.412 e. The highest BCUT2D eigenvalue weighted by molar-refractivity contribution is 14.2. The molecule has 9 heavy (non-hydrogen) atoms. The lowest BCUT2D eigenvalue weighted by Gasteiger charge is -1.63. The van der Waals surface area contributed by atoms with E-state index >= 15 is 0 Å². The fraction of sp³-hybridized carbons (Fsp3) is 1.00. The van der Waals surface area contributed by atoms with E-state index in [4.69, 9.17) is 0 Å². The van der Waals surface area contributed by atoms with Crippen LogP contribution in [-0.4, -0.2) is 9.78 Å². The van der Waals surface area contributed by atoms with Gasteiger partial charge < -0.3 is 4.32 Å². The van der Waals surface area contributed by atoms with Crippen molar-refractivity contribution in [2.75, 3.05) is 4.93 Å². The maximum Gasteiger partial charge on any atom is 0.412 e. The molecule has 0 rings (SSSR count). The smallest absolute Gasteiger partial charge is 0.321 e. The van der Waals surface area contributed by atoms with Crippen LogP contribution in [0.5, 0.6) is 0 Å². The Morgan fingerprint density at radius 1 is 1.67 bits per heavy atom. The molecule has 6 heteroatoms. The third-order valence-corrected chi connectivity index (χ3v) is 0.429. The van der Waals surface area contributed by atoms with Gasteiger partial charge in [0.25, 0.3) is 0 Å². The summed E-state index contributed by atoms with van der Waals surface area (Å²) in [6.45, 7) is 1.49. The monoisotopic (exact) mass is 363 g/mol. The number of hydrogen-bond acceptors (Lipinski definition) is 1. The number of rotatable bonds is 0. The zero-order chi connectivity index (χ0) is 6.99. The van der Waals surface area contributed by atoms with Crippen LogP contribution in [0.1, 0.15) is 7.43 Å². The minimum Gasteiger partial charge on any atom is -0.321 e. The molecule has 0 spiro atoms. The topological polar surface area (TPSA) is 12.4 Å². The molecule has 0 aromatic carbocycles. The van der Waals surface area contributed by atoms with Crippen molar-refractivity contribution in [3.05, 3.63) is 0 Å². The molecule has 0 aromatic rings. The van der Waals surface area contributed by atoms with Crippen LogP contribution in [0.3, 0.4) is 0 Å². The predicted octanol–water partition coefficient (Wildman–Crippen LogP) is 3.80. The SMILES string of the molecule is C.CB(F)I.CI=NF. The van der Waals surface area contributed by atoms with Gasteiger partial charge in [-0.15, -0.1) is 22.4 Å². The minimum absolute atomic E-state index is 0. The van der Waals surface area contributed by atoms with Gasteiger partial charge in [-0.25, -0.2) is 0 Å². The third-order valence-electron chi connectivity index (χ3n) is 0.0639. The van der Waals surface area contributed by atoms with Crippen molar-refractivity contribution in [1.29, 1.82) is 0 Å². The van der Waals surface area contributed by atoms with Crippen molar-refractivity contribution >= 4 is 48.3 Å². The van der Waals surface area contributed by atoms with Gasteiger partial charge in [-0.2, -0.15) is 0 Å². The molecule has 0 atom stereocenters. The molecule has 0 fully saturated rings. The lowest BCUT2D eigenvalue weighted by atomic mass is 10.2. The number of alkyl halides is 1. The van der Waals surface area contributed by atoms with Gasteiger partial charge in [0.2, 0.25) is 0 Å². The van der Waals surface area contributed by atoms with Gasteiger partial charge >= 0.3 is 4.85 Å². The first-order valence-corrected chi connectivity index (χ1v) is 6.10. The second-order valence-corrected chi connectivity index (χ2v) is 3.80. The number of hydrogen-bond donors (Lipinski definition) is 0. The quantitative estimate of drug-likeness (QED) is 0.353. The molecule has 0 aliphatic carbocycles. The molecule has 0 aliphatic heterocycles. The van der Waals surface area contributed by atoms with Crippen LogP contribution in [0, 0.1) is 0 Å². The van der Waals surface area contributed by atoms with Crippen LogP contribution in [0.2, 0.25) is 6.82 Å². The lowest BCUT2D eigenvalue weighted by Crippen LogP contribution is -1.74. The fourth-order valence-electron chi connectivity index (χ4n) is 0. The summed E-state index contributed by atoms with van der Waals surface area (Å²) in [7, 11) is 0. The van der Waals surface area contributed by atoms with Gasteiger partial charge in [-0.05, 0) is 6.82 Å². The summed E-state index contributed by atoms with van der Waals surface area (Å²) < 4.78 is 23.7. The van der Waals surface area contributed by atoms with Crippen molar-refractivity contribution in [1.82, 2.24) is 0 Å². The van der Waals surface area contributed by atoms with Crippen molar-refractivity contribution in [3.63, 3.8) is 0 Å². The highest BCUT2D eigenvalue weighted by atomic mass is 127. The van der Waals surface area contributed by atoms with Crippen LogP contribution >= 0.6 is 43.4 Å². The molecule has 0 heterocycles. The van der Waals surface area contributed by atoms with Gasteiger partial charge in [0.15, 0.2) is 0 Å². The molecule has 0 amide bonds. The second-order valence-electron chi connectivity index (χ2n) is 0.752. The van der Waals surface area contributed by atoms with Gasteiger partial charge in [0.1, 0.15) is 0 Å². The molecule has 0 radical (unpaired) electrons. The molecule has 0 saturated heterocycles. The molecule has 0 aliphatic rings. The van der Waals surface area contributed by atoms with Gasteiger partial charge in [-0.1, -0.05) is 15.3 Å². The minimum atomic E-state index is -0.697. The molecule has 1 nitrogen and oxygen atoms in total. The molecule has 58 valence electrons. The zero-order valence-corrected chi connectivity index (χ0v) is 8.85. The van der Waals surface area contributed by atoms with Crippen molar-refractivity contribution in [3.8, 4) is 0 Å². The lowest BCUT2D eigenvalue weighted by molar-refractivity contribution is 0.561. The Morgan fingerprint density at radius 2 is 1.78 bits per heavy atom. The molecule has 0 aromatic heterocycles. The van der Waals surface area contributed by atoms with E-state index in [9.17, 15) is 8.80 Å². The average Bonchev–Trinajstić information content (AvgIpc) is 1.65. The summed E-state index contributed by atoms with van der Waals surface area (Å²) >= 11 is 1.25. The van der Waals surface area contributed by atoms with Crippen LogP contribution in [0.15, 0.2) is 3.37 Å². The van der Waals surface area contributed by atoms with Gasteiger partial charge in [-0.3, -0.25) is 0 Å². The number of nitrogens with zero attached hydrogens (tertiary/aromatic N) is 1. The maximum atomic E-state index is 11.0. The Bertz CT molecular complexity index is 55.0. The highest BCUT2D eigenvalue weighted by Gasteiger charge is 1.89. The van der Waals surface area contributed by atoms with Crippen molar-refractivity contribution < 1.29 is 8.80 Å². The Morgan fingerprint density at radius 3 is 1.78 bits per heavy atom. The van der Waals surface area contributed by atoms with Crippen LogP contribution < -0.4 is 0 Å². The Balaban J connectivity index is -0.0000000720. The van der Waals surface area contributed by atoms with Crippen molar-refractivity contribution in [2.24, 2.45) is 3.37 Å². The van der Waals surface area contributed by atoms with E-state index in [1.807, 2.05) is 0 Å². The zero-order valence-electron chi connectivity index (χ0n) is 4.54. The summed E-state index contributed by atoms with van der Waals surface area (Å²) in [5.74, 6) is 0. The van der Waals surface area contributed by atoms with Crippen LogP contribution in [0.4, 0.5) is 8.80 Å². The standard InChI is InChI=1S/CH3BFI.CH3FIN.CH4/c1-2(3)4;1-3-4-2;/h2*1H3;1H4. The summed E-state index contributed by atoms with van der Waals surface area (Å²) in [5, 5.41) is 0. The Labute approximate surface area is 79.1 Å². The van der Waals surface area contributed by atoms with E-state index in [0.29, 0.717) is 0 Å². The fourth-order valence-corrected chi connectivity index (χ4v) is 0. The maximum absolute atomic E-state index is 11.0. The van der Waals surface area contributed by atoms with Crippen LogP contribution in [-0.2, 0) is 0 Å². The normalized spacial score (nSPS) is 8.11. The van der Waals surface area contributed by atoms with E-state index < -0.39 is 25.9 Å². The molecule has 0 bridgehead atoms. The Kier molecular flexibility index (Phi) is 29.7. The predicted molar refractivity (Wildman–Crippen MR) is 57.0 cm³/mol. The molecule has 0 unspecified atom stereocenters. The number of halogens is 4. The molecular formula is C3H10BF2I2N. The molecule has 0 saturated carbocycles. The first kappa shape index (κ1) is 16.6. The van der Waals surface area contributed by atoms with E-state index in [-0.39, 0.29) is 7.43 Å². The van der Waals surface area contributed by atoms with Crippen molar-refractivity contribution in [2.45, 2.75) is 14.2 Å². The second kappa shape index (κ2) is 16.1. The summed E-state index contributed by atoms with van der Waals surface area (Å²) in [5.41, 5.74) is 0. The molecular weight excluding hydrogens is 353 g/mol.